The number of fused-ring (bicyclic) bond motifs is 1. The Kier molecular flexibility index (Phi) is 4.19. The maximum absolute atomic E-state index is 12.7. The maximum Gasteiger partial charge on any atom is 0.272 e. The van der Waals surface area contributed by atoms with Gasteiger partial charge in [0.15, 0.2) is 0 Å². The number of nitrogens with zero attached hydrogens (tertiary/aromatic N) is 2. The largest absolute Gasteiger partial charge is 0.389 e. The molecule has 2 N–H and O–H groups in total. The van der Waals surface area contributed by atoms with Crippen LogP contribution in [0.25, 0.3) is 0 Å². The molecule has 112 valence electrons. The van der Waals surface area contributed by atoms with Gasteiger partial charge in [-0.25, -0.2) is 0 Å². The van der Waals surface area contributed by atoms with E-state index in [4.69, 9.17) is 18.0 Å². The number of rotatable bonds is 2. The van der Waals surface area contributed by atoms with Gasteiger partial charge in [-0.15, -0.1) is 0 Å². The highest BCUT2D eigenvalue weighted by Gasteiger charge is 2.36. The smallest absolute Gasteiger partial charge is 0.272 e. The number of carbonyl (C=O) groups excluding carboxylic acids is 1. The molecule has 1 amide bonds. The fourth-order valence-electron chi connectivity index (χ4n) is 3.69. The first kappa shape index (κ1) is 14.4. The average Bonchev–Trinajstić information content (AvgIpc) is 2.53. The normalized spacial score (nSPS) is 25.2. The van der Waals surface area contributed by atoms with E-state index in [1.54, 1.807) is 18.3 Å². The number of amides is 1. The molecule has 0 unspecified atom stereocenters. The first-order chi connectivity index (χ1) is 10.2. The highest BCUT2D eigenvalue weighted by molar-refractivity contribution is 7.80. The molecule has 0 spiro atoms. The Morgan fingerprint density at radius 1 is 1.24 bits per heavy atom. The number of nitrogens with two attached hydrogens (primary N) is 1. The minimum absolute atomic E-state index is 0.0566. The summed E-state index contributed by atoms with van der Waals surface area (Å²) < 4.78 is 0. The van der Waals surface area contributed by atoms with E-state index < -0.39 is 0 Å². The van der Waals surface area contributed by atoms with Gasteiger partial charge in [0, 0.05) is 24.3 Å². The average molecular weight is 303 g/mol. The summed E-state index contributed by atoms with van der Waals surface area (Å²) in [5, 5.41) is 0. The maximum atomic E-state index is 12.7. The molecule has 0 bridgehead atoms. The third-order valence-corrected chi connectivity index (χ3v) is 5.01. The van der Waals surface area contributed by atoms with E-state index in [-0.39, 0.29) is 5.91 Å². The van der Waals surface area contributed by atoms with Crippen LogP contribution in [0.15, 0.2) is 18.3 Å². The van der Waals surface area contributed by atoms with Crippen molar-refractivity contribution in [1.29, 1.82) is 0 Å². The minimum Gasteiger partial charge on any atom is -0.389 e. The molecule has 5 heteroatoms. The molecule has 21 heavy (non-hydrogen) atoms. The van der Waals surface area contributed by atoms with Crippen molar-refractivity contribution in [3.8, 4) is 0 Å². The second-order valence-electron chi connectivity index (χ2n) is 6.05. The Bertz CT molecular complexity index is 541. The van der Waals surface area contributed by atoms with Crippen molar-refractivity contribution in [2.24, 2.45) is 11.7 Å². The lowest BCUT2D eigenvalue weighted by atomic mass is 9.78. The van der Waals surface area contributed by atoms with Crippen LogP contribution in [-0.4, -0.2) is 33.4 Å². The molecular weight excluding hydrogens is 282 g/mol. The van der Waals surface area contributed by atoms with Crippen molar-refractivity contribution in [2.75, 3.05) is 6.54 Å². The molecule has 2 aliphatic rings. The molecular formula is C16H21N3OS. The van der Waals surface area contributed by atoms with Crippen LogP contribution in [0.4, 0.5) is 0 Å². The van der Waals surface area contributed by atoms with Gasteiger partial charge in [-0.2, -0.15) is 0 Å². The zero-order chi connectivity index (χ0) is 14.8. The molecule has 1 aliphatic heterocycles. The summed E-state index contributed by atoms with van der Waals surface area (Å²) in [4.78, 5) is 19.4. The topological polar surface area (TPSA) is 59.2 Å². The Hall–Kier alpha value is -1.49. The van der Waals surface area contributed by atoms with Gasteiger partial charge in [0.05, 0.1) is 0 Å². The van der Waals surface area contributed by atoms with E-state index >= 15 is 0 Å². The zero-order valence-electron chi connectivity index (χ0n) is 12.1. The number of hydrogen-bond acceptors (Lipinski definition) is 3. The molecule has 2 fully saturated rings. The first-order valence-corrected chi connectivity index (χ1v) is 8.14. The number of hydrogen-bond donors (Lipinski definition) is 1. The van der Waals surface area contributed by atoms with Gasteiger partial charge in [-0.1, -0.05) is 25.1 Å². The summed E-state index contributed by atoms with van der Waals surface area (Å²) in [6.07, 6.45) is 8.92. The molecule has 4 nitrogen and oxygen atoms in total. The second kappa shape index (κ2) is 6.10. The highest BCUT2D eigenvalue weighted by Crippen LogP contribution is 2.35. The molecule has 1 aromatic rings. The van der Waals surface area contributed by atoms with Crippen LogP contribution in [0.1, 0.15) is 54.6 Å². The lowest BCUT2D eigenvalue weighted by Crippen LogP contribution is -2.49. The fourth-order valence-corrected chi connectivity index (χ4v) is 3.81. The summed E-state index contributed by atoms with van der Waals surface area (Å²) in [6.45, 7) is 0.860. The number of aromatic nitrogens is 1. The molecule has 2 heterocycles. The van der Waals surface area contributed by atoms with E-state index in [1.807, 2.05) is 0 Å². The minimum atomic E-state index is 0.0566. The third kappa shape index (κ3) is 2.93. The van der Waals surface area contributed by atoms with E-state index in [0.29, 0.717) is 28.2 Å². The van der Waals surface area contributed by atoms with E-state index in [9.17, 15) is 4.79 Å². The summed E-state index contributed by atoms with van der Waals surface area (Å²) in [7, 11) is 0. The molecule has 3 rings (SSSR count). The number of piperidine rings is 1. The van der Waals surface area contributed by atoms with Gasteiger partial charge in [0.2, 0.25) is 0 Å². The van der Waals surface area contributed by atoms with Crippen molar-refractivity contribution in [1.82, 2.24) is 9.88 Å². The van der Waals surface area contributed by atoms with Gasteiger partial charge in [-0.05, 0) is 43.7 Å². The SMILES string of the molecule is NC(=S)c1ccc(C(=O)N2CCC[C@H]3CCCC[C@H]32)nc1. The summed E-state index contributed by atoms with van der Waals surface area (Å²) in [5.41, 5.74) is 6.77. The van der Waals surface area contributed by atoms with Gasteiger partial charge in [-0.3, -0.25) is 9.78 Å². The second-order valence-corrected chi connectivity index (χ2v) is 6.49. The van der Waals surface area contributed by atoms with Gasteiger partial charge < -0.3 is 10.6 Å². The van der Waals surface area contributed by atoms with Crippen LogP contribution >= 0.6 is 12.2 Å². The fraction of sp³-hybridized carbons (Fsp3) is 0.562. The zero-order valence-corrected chi connectivity index (χ0v) is 12.9. The lowest BCUT2D eigenvalue weighted by Gasteiger charge is -2.44. The molecule has 2 atom stereocenters. The lowest BCUT2D eigenvalue weighted by molar-refractivity contribution is 0.0385. The van der Waals surface area contributed by atoms with Crippen molar-refractivity contribution in [3.63, 3.8) is 0 Å². The van der Waals surface area contributed by atoms with Gasteiger partial charge >= 0.3 is 0 Å². The van der Waals surface area contributed by atoms with E-state index in [2.05, 4.69) is 9.88 Å². The van der Waals surface area contributed by atoms with Crippen LogP contribution in [-0.2, 0) is 0 Å². The van der Waals surface area contributed by atoms with Crippen molar-refractivity contribution in [2.45, 2.75) is 44.6 Å². The van der Waals surface area contributed by atoms with Crippen LogP contribution in [0, 0.1) is 5.92 Å². The molecule has 1 aliphatic carbocycles. The van der Waals surface area contributed by atoms with E-state index in [1.165, 1.54) is 25.7 Å². The Morgan fingerprint density at radius 2 is 2.00 bits per heavy atom. The van der Waals surface area contributed by atoms with Crippen molar-refractivity contribution >= 4 is 23.1 Å². The number of pyridine rings is 1. The van der Waals surface area contributed by atoms with Crippen molar-refractivity contribution < 1.29 is 4.79 Å². The summed E-state index contributed by atoms with van der Waals surface area (Å²) in [6, 6.07) is 3.94. The summed E-state index contributed by atoms with van der Waals surface area (Å²) >= 11 is 4.91. The molecule has 0 aromatic carbocycles. The highest BCUT2D eigenvalue weighted by atomic mass is 32.1. The van der Waals surface area contributed by atoms with Gasteiger partial charge in [0.25, 0.3) is 5.91 Å². The van der Waals surface area contributed by atoms with Crippen LogP contribution in [0.3, 0.4) is 0 Å². The molecule has 1 saturated carbocycles. The number of thiocarbonyl (C=S) groups is 1. The number of likely N-dealkylation sites (tertiary alicyclic amines) is 1. The predicted molar refractivity (Wildman–Crippen MR) is 86.1 cm³/mol. The monoisotopic (exact) mass is 303 g/mol. The number of carbonyl (C=O) groups is 1. The molecule has 1 saturated heterocycles. The van der Waals surface area contributed by atoms with Crippen LogP contribution in [0.2, 0.25) is 0 Å². The van der Waals surface area contributed by atoms with Crippen LogP contribution < -0.4 is 5.73 Å². The standard InChI is InChI=1S/C16H21N3OS/c17-15(21)12-7-8-13(18-10-12)16(20)19-9-3-5-11-4-1-2-6-14(11)19/h7-8,10-11,14H,1-6,9H2,(H2,17,21)/t11-,14-/m1/s1. The summed E-state index contributed by atoms with van der Waals surface area (Å²) in [5.74, 6) is 0.744. The Labute approximate surface area is 130 Å². The first-order valence-electron chi connectivity index (χ1n) is 7.73. The van der Waals surface area contributed by atoms with Crippen LogP contribution in [0.5, 0.6) is 0 Å². The van der Waals surface area contributed by atoms with Gasteiger partial charge in [0.1, 0.15) is 10.7 Å². The molecule has 1 aromatic heterocycles. The third-order valence-electron chi connectivity index (χ3n) is 4.77. The predicted octanol–water partition coefficient (Wildman–Crippen LogP) is 2.51. The van der Waals surface area contributed by atoms with E-state index in [0.717, 1.165) is 19.4 Å². The Balaban J connectivity index is 1.78. The molecule has 0 radical (unpaired) electrons. The van der Waals surface area contributed by atoms with Crippen molar-refractivity contribution in [3.05, 3.63) is 29.6 Å². The quantitative estimate of drug-likeness (QED) is 0.853. The Morgan fingerprint density at radius 3 is 2.71 bits per heavy atom.